The minimum atomic E-state index is -4.19. The van der Waals surface area contributed by atoms with Gasteiger partial charge < -0.3 is 25.0 Å². The van der Waals surface area contributed by atoms with Gasteiger partial charge in [-0.15, -0.1) is 0 Å². The van der Waals surface area contributed by atoms with Crippen molar-refractivity contribution in [2.45, 2.75) is 29.6 Å². The van der Waals surface area contributed by atoms with Gasteiger partial charge in [0.15, 0.2) is 0 Å². The van der Waals surface area contributed by atoms with Crippen LogP contribution in [-0.4, -0.2) is 62.4 Å². The maximum atomic E-state index is 13.8. The van der Waals surface area contributed by atoms with E-state index in [4.69, 9.17) is 4.74 Å². The maximum Gasteiger partial charge on any atom is 0.335 e. The molecular formula is C27H27N3O7S. The van der Waals surface area contributed by atoms with Gasteiger partial charge >= 0.3 is 5.97 Å². The summed E-state index contributed by atoms with van der Waals surface area (Å²) >= 11 is 0. The molecule has 0 atom stereocenters. The second kappa shape index (κ2) is 10.2. The SMILES string of the molecule is COc1ccc2c(c1)NC(=O)/C2=C\c1[nH]c(C)c(S(=O)(=O)c2cccc(C(=O)O)c2)c1CCC(=O)N(C)C. The van der Waals surface area contributed by atoms with Crippen LogP contribution in [0.4, 0.5) is 5.69 Å². The Balaban J connectivity index is 1.88. The predicted octanol–water partition coefficient (Wildman–Crippen LogP) is 3.38. The Kier molecular flexibility index (Phi) is 7.14. The Morgan fingerprint density at radius 1 is 1.13 bits per heavy atom. The van der Waals surface area contributed by atoms with Crippen molar-refractivity contribution in [3.05, 3.63) is 70.5 Å². The number of carbonyl (C=O) groups is 3. The van der Waals surface area contributed by atoms with Crippen molar-refractivity contribution in [2.24, 2.45) is 0 Å². The number of aromatic amines is 1. The number of ether oxygens (including phenoxy) is 1. The number of H-pyrrole nitrogens is 1. The molecule has 1 aromatic heterocycles. The lowest BCUT2D eigenvalue weighted by Crippen LogP contribution is -2.22. The van der Waals surface area contributed by atoms with Gasteiger partial charge in [-0.3, -0.25) is 9.59 Å². The molecule has 0 radical (unpaired) electrons. The zero-order valence-electron chi connectivity index (χ0n) is 21.3. The van der Waals surface area contributed by atoms with Crippen LogP contribution < -0.4 is 10.1 Å². The summed E-state index contributed by atoms with van der Waals surface area (Å²) in [6, 6.07) is 10.2. The summed E-state index contributed by atoms with van der Waals surface area (Å²) in [5.41, 5.74) is 2.35. The second-order valence-electron chi connectivity index (χ2n) is 9.02. The summed E-state index contributed by atoms with van der Waals surface area (Å²) in [5.74, 6) is -1.25. The van der Waals surface area contributed by atoms with E-state index >= 15 is 0 Å². The Morgan fingerprint density at radius 3 is 2.53 bits per heavy atom. The molecule has 1 aliphatic rings. The van der Waals surface area contributed by atoms with Crippen molar-refractivity contribution in [3.63, 3.8) is 0 Å². The van der Waals surface area contributed by atoms with Crippen LogP contribution in [0.15, 0.2) is 52.3 Å². The molecule has 11 heteroatoms. The molecule has 0 bridgehead atoms. The number of benzene rings is 2. The average Bonchev–Trinajstić information content (AvgIpc) is 3.37. The predicted molar refractivity (Wildman–Crippen MR) is 141 cm³/mol. The van der Waals surface area contributed by atoms with Crippen molar-refractivity contribution < 1.29 is 32.6 Å². The molecule has 3 aromatic rings. The Hall–Kier alpha value is -4.38. The molecule has 2 amide bonds. The highest BCUT2D eigenvalue weighted by Gasteiger charge is 2.30. The molecule has 198 valence electrons. The van der Waals surface area contributed by atoms with Crippen molar-refractivity contribution in [3.8, 4) is 5.75 Å². The zero-order chi connectivity index (χ0) is 27.8. The molecule has 2 aromatic carbocycles. The maximum absolute atomic E-state index is 13.8. The fourth-order valence-electron chi connectivity index (χ4n) is 4.38. The minimum Gasteiger partial charge on any atom is -0.497 e. The summed E-state index contributed by atoms with van der Waals surface area (Å²) in [5, 5.41) is 12.1. The standard InChI is InChI=1S/C27H27N3O7S/c1-15-25(38(35,36)18-7-5-6-16(12-18)27(33)34)20(10-11-24(31)30(2)3)23(28-15)14-21-19-9-8-17(37-4)13-22(19)29-26(21)32/h5-9,12-14,28H,10-11H2,1-4H3,(H,29,32)(H,33,34)/b21-14-. The molecule has 3 N–H and O–H groups in total. The van der Waals surface area contributed by atoms with Crippen molar-refractivity contribution in [2.75, 3.05) is 26.5 Å². The number of aryl methyl sites for hydroxylation is 1. The molecule has 10 nitrogen and oxygen atoms in total. The van der Waals surface area contributed by atoms with E-state index in [9.17, 15) is 27.9 Å². The summed E-state index contributed by atoms with van der Waals surface area (Å²) in [4.78, 5) is 41.0. The third-order valence-electron chi connectivity index (χ3n) is 6.31. The van der Waals surface area contributed by atoms with Gasteiger partial charge in [0, 0.05) is 43.5 Å². The molecular weight excluding hydrogens is 510 g/mol. The number of methoxy groups -OCH3 is 1. The first-order valence-corrected chi connectivity index (χ1v) is 13.1. The summed E-state index contributed by atoms with van der Waals surface area (Å²) in [7, 11) is 0.550. The lowest BCUT2D eigenvalue weighted by atomic mass is 10.0. The number of amides is 2. The number of carboxylic acid groups (broad SMARTS) is 1. The van der Waals surface area contributed by atoms with E-state index in [-0.39, 0.29) is 40.0 Å². The molecule has 0 aliphatic carbocycles. The quantitative estimate of drug-likeness (QED) is 0.374. The first-order valence-electron chi connectivity index (χ1n) is 11.7. The van der Waals surface area contributed by atoms with Gasteiger partial charge in [-0.1, -0.05) is 6.07 Å². The Labute approximate surface area is 219 Å². The molecule has 38 heavy (non-hydrogen) atoms. The van der Waals surface area contributed by atoms with Gasteiger partial charge in [-0.05, 0) is 55.3 Å². The lowest BCUT2D eigenvalue weighted by Gasteiger charge is -2.12. The number of nitrogens with zero attached hydrogens (tertiary/aromatic N) is 1. The largest absolute Gasteiger partial charge is 0.497 e. The molecule has 0 saturated heterocycles. The highest BCUT2D eigenvalue weighted by Crippen LogP contribution is 2.38. The normalized spacial score (nSPS) is 13.8. The smallest absolute Gasteiger partial charge is 0.335 e. The van der Waals surface area contributed by atoms with Gasteiger partial charge in [0.05, 0.1) is 33.7 Å². The van der Waals surface area contributed by atoms with Crippen LogP contribution in [0.1, 0.15) is 39.3 Å². The van der Waals surface area contributed by atoms with Gasteiger partial charge in [0.25, 0.3) is 5.91 Å². The molecule has 4 rings (SSSR count). The van der Waals surface area contributed by atoms with Crippen molar-refractivity contribution in [1.29, 1.82) is 0 Å². The first-order chi connectivity index (χ1) is 17.9. The van der Waals surface area contributed by atoms with Crippen LogP contribution in [0.3, 0.4) is 0 Å². The third-order valence-corrected chi connectivity index (χ3v) is 8.27. The highest BCUT2D eigenvalue weighted by molar-refractivity contribution is 7.91. The van der Waals surface area contributed by atoms with Crippen LogP contribution in [-0.2, 0) is 25.8 Å². The molecule has 0 fully saturated rings. The van der Waals surface area contributed by atoms with Crippen LogP contribution in [0.25, 0.3) is 11.6 Å². The average molecular weight is 538 g/mol. The number of nitrogens with one attached hydrogen (secondary N) is 2. The van der Waals surface area contributed by atoms with E-state index in [1.165, 1.54) is 30.2 Å². The number of aromatic carboxylic acids is 1. The fourth-order valence-corrected chi connectivity index (χ4v) is 6.14. The first kappa shape index (κ1) is 26.7. The van der Waals surface area contributed by atoms with Gasteiger partial charge in [-0.25, -0.2) is 13.2 Å². The second-order valence-corrected chi connectivity index (χ2v) is 10.9. The van der Waals surface area contributed by atoms with Gasteiger partial charge in [0.1, 0.15) is 5.75 Å². The van der Waals surface area contributed by atoms with Crippen LogP contribution in [0.2, 0.25) is 0 Å². The monoisotopic (exact) mass is 537 g/mol. The van der Waals surface area contributed by atoms with Crippen LogP contribution in [0.5, 0.6) is 5.75 Å². The Morgan fingerprint density at radius 2 is 1.87 bits per heavy atom. The molecule has 2 heterocycles. The number of carboxylic acids is 1. The van der Waals surface area contributed by atoms with E-state index in [0.717, 1.165) is 6.07 Å². The van der Waals surface area contributed by atoms with E-state index in [0.29, 0.717) is 39.5 Å². The van der Waals surface area contributed by atoms with E-state index in [1.807, 2.05) is 0 Å². The minimum absolute atomic E-state index is 0.0259. The molecule has 1 aliphatic heterocycles. The van der Waals surface area contributed by atoms with Gasteiger partial charge in [0.2, 0.25) is 15.7 Å². The third kappa shape index (κ3) is 4.92. The van der Waals surface area contributed by atoms with Crippen LogP contribution >= 0.6 is 0 Å². The van der Waals surface area contributed by atoms with Crippen molar-refractivity contribution in [1.82, 2.24) is 9.88 Å². The Bertz CT molecular complexity index is 1600. The van der Waals surface area contributed by atoms with E-state index in [2.05, 4.69) is 10.3 Å². The molecule has 0 spiro atoms. The number of anilines is 1. The fraction of sp³-hybridized carbons (Fsp3) is 0.222. The zero-order valence-corrected chi connectivity index (χ0v) is 22.1. The highest BCUT2D eigenvalue weighted by atomic mass is 32.2. The lowest BCUT2D eigenvalue weighted by molar-refractivity contribution is -0.128. The number of aromatic nitrogens is 1. The molecule has 0 saturated carbocycles. The number of carbonyl (C=O) groups excluding carboxylic acids is 2. The number of hydrogen-bond acceptors (Lipinski definition) is 6. The number of sulfone groups is 1. The summed E-state index contributed by atoms with van der Waals surface area (Å²) in [6.45, 7) is 1.58. The van der Waals surface area contributed by atoms with E-state index in [1.54, 1.807) is 45.3 Å². The van der Waals surface area contributed by atoms with Crippen LogP contribution in [0, 0.1) is 6.92 Å². The van der Waals surface area contributed by atoms with E-state index < -0.39 is 15.8 Å². The topological polar surface area (TPSA) is 146 Å². The molecule has 0 unspecified atom stereocenters. The number of fused-ring (bicyclic) bond motifs is 1. The number of rotatable bonds is 8. The summed E-state index contributed by atoms with van der Waals surface area (Å²) in [6.07, 6.45) is 1.67. The van der Waals surface area contributed by atoms with Gasteiger partial charge in [-0.2, -0.15) is 0 Å². The summed E-state index contributed by atoms with van der Waals surface area (Å²) < 4.78 is 32.8. The van der Waals surface area contributed by atoms with Crippen molar-refractivity contribution >= 4 is 45.0 Å². The number of hydrogen-bond donors (Lipinski definition) is 3.